The summed E-state index contributed by atoms with van der Waals surface area (Å²) in [6.07, 6.45) is 12.6. The van der Waals surface area contributed by atoms with Gasteiger partial charge in [-0.2, -0.15) is 0 Å². The molecule has 0 aliphatic heterocycles. The maximum absolute atomic E-state index is 3.41. The summed E-state index contributed by atoms with van der Waals surface area (Å²) in [6, 6.07) is 1.55. The zero-order valence-corrected chi connectivity index (χ0v) is 12.1. The third-order valence-electron chi connectivity index (χ3n) is 4.57. The van der Waals surface area contributed by atoms with E-state index >= 15 is 0 Å². The van der Waals surface area contributed by atoms with Gasteiger partial charge in [0.25, 0.3) is 0 Å². The highest BCUT2D eigenvalue weighted by molar-refractivity contribution is 4.76. The van der Waals surface area contributed by atoms with Crippen molar-refractivity contribution in [2.24, 2.45) is 5.92 Å². The normalized spacial score (nSPS) is 27.0. The highest BCUT2D eigenvalue weighted by atomic mass is 14.9. The maximum atomic E-state index is 3.41. The fourth-order valence-electron chi connectivity index (χ4n) is 3.12. The first-order valence-corrected chi connectivity index (χ1v) is 7.64. The van der Waals surface area contributed by atoms with Gasteiger partial charge in [0.15, 0.2) is 0 Å². The molecule has 2 nitrogen and oxygen atoms in total. The summed E-state index contributed by atoms with van der Waals surface area (Å²) >= 11 is 0. The van der Waals surface area contributed by atoms with E-state index < -0.39 is 0 Å². The van der Waals surface area contributed by atoms with Crippen molar-refractivity contribution in [2.75, 3.05) is 14.1 Å². The van der Waals surface area contributed by atoms with Crippen LogP contribution in [0.15, 0.2) is 0 Å². The fourth-order valence-corrected chi connectivity index (χ4v) is 3.12. The molecule has 0 spiro atoms. The third kappa shape index (κ3) is 5.87. The van der Waals surface area contributed by atoms with Crippen LogP contribution in [0.3, 0.4) is 0 Å². The van der Waals surface area contributed by atoms with Crippen molar-refractivity contribution >= 4 is 0 Å². The number of unbranched alkanes of at least 4 members (excludes halogenated alkanes) is 1. The SMILES string of the molecule is CCC(CCCCC1CCC(NC)CC1)NC. The molecule has 1 saturated carbocycles. The van der Waals surface area contributed by atoms with E-state index in [2.05, 4.69) is 31.7 Å². The highest BCUT2D eigenvalue weighted by Crippen LogP contribution is 2.28. The molecule has 102 valence electrons. The van der Waals surface area contributed by atoms with Gasteiger partial charge in [0.1, 0.15) is 0 Å². The molecule has 0 amide bonds. The Morgan fingerprint density at radius 2 is 1.76 bits per heavy atom. The van der Waals surface area contributed by atoms with E-state index in [1.807, 2.05) is 0 Å². The molecule has 2 N–H and O–H groups in total. The van der Waals surface area contributed by atoms with Crippen LogP contribution >= 0.6 is 0 Å². The Kier molecular flexibility index (Phi) is 7.87. The molecule has 1 aliphatic rings. The van der Waals surface area contributed by atoms with Gasteiger partial charge >= 0.3 is 0 Å². The number of rotatable bonds is 8. The van der Waals surface area contributed by atoms with Crippen molar-refractivity contribution < 1.29 is 0 Å². The Morgan fingerprint density at radius 1 is 1.06 bits per heavy atom. The minimum Gasteiger partial charge on any atom is -0.317 e. The lowest BCUT2D eigenvalue weighted by atomic mass is 9.83. The highest BCUT2D eigenvalue weighted by Gasteiger charge is 2.19. The average molecular weight is 240 g/mol. The molecule has 0 aromatic heterocycles. The van der Waals surface area contributed by atoms with E-state index in [1.165, 1.54) is 57.8 Å². The summed E-state index contributed by atoms with van der Waals surface area (Å²) in [4.78, 5) is 0. The quantitative estimate of drug-likeness (QED) is 0.636. The van der Waals surface area contributed by atoms with Crippen molar-refractivity contribution in [1.82, 2.24) is 10.6 Å². The lowest BCUT2D eigenvalue weighted by Gasteiger charge is -2.28. The Hall–Kier alpha value is -0.0800. The van der Waals surface area contributed by atoms with Crippen LogP contribution in [0.5, 0.6) is 0 Å². The number of nitrogens with one attached hydrogen (secondary N) is 2. The first kappa shape index (κ1) is 15.0. The Bertz CT molecular complexity index is 170. The summed E-state index contributed by atoms with van der Waals surface area (Å²) in [5.41, 5.74) is 0. The Morgan fingerprint density at radius 3 is 2.29 bits per heavy atom. The Balaban J connectivity index is 2.00. The molecule has 1 fully saturated rings. The fraction of sp³-hybridized carbons (Fsp3) is 1.00. The lowest BCUT2D eigenvalue weighted by Crippen LogP contribution is -2.30. The van der Waals surface area contributed by atoms with Crippen molar-refractivity contribution in [3.8, 4) is 0 Å². The van der Waals surface area contributed by atoms with Crippen LogP contribution < -0.4 is 10.6 Å². The van der Waals surface area contributed by atoms with Gasteiger partial charge in [-0.3, -0.25) is 0 Å². The molecule has 0 saturated heterocycles. The van der Waals surface area contributed by atoms with Crippen LogP contribution in [0.1, 0.15) is 64.7 Å². The smallest absolute Gasteiger partial charge is 0.00642 e. The zero-order valence-electron chi connectivity index (χ0n) is 12.1. The predicted octanol–water partition coefficient (Wildman–Crippen LogP) is 3.32. The van der Waals surface area contributed by atoms with Gasteiger partial charge < -0.3 is 10.6 Å². The molecule has 1 atom stereocenters. The summed E-state index contributed by atoms with van der Waals surface area (Å²) in [7, 11) is 4.20. The second kappa shape index (κ2) is 8.93. The molecule has 17 heavy (non-hydrogen) atoms. The van der Waals surface area contributed by atoms with Crippen molar-refractivity contribution in [2.45, 2.75) is 76.8 Å². The number of hydrogen-bond acceptors (Lipinski definition) is 2. The van der Waals surface area contributed by atoms with E-state index in [0.29, 0.717) is 0 Å². The van der Waals surface area contributed by atoms with Crippen molar-refractivity contribution in [3.05, 3.63) is 0 Å². The Labute approximate surface area is 108 Å². The molecule has 0 radical (unpaired) electrons. The molecule has 2 heteroatoms. The maximum Gasteiger partial charge on any atom is 0.00642 e. The molecule has 0 bridgehead atoms. The first-order valence-electron chi connectivity index (χ1n) is 7.64. The molecule has 0 aromatic carbocycles. The largest absolute Gasteiger partial charge is 0.317 e. The molecule has 0 aromatic rings. The van der Waals surface area contributed by atoms with E-state index in [1.54, 1.807) is 0 Å². The molecular weight excluding hydrogens is 208 g/mol. The van der Waals surface area contributed by atoms with E-state index in [0.717, 1.165) is 18.0 Å². The van der Waals surface area contributed by atoms with Crippen molar-refractivity contribution in [3.63, 3.8) is 0 Å². The summed E-state index contributed by atoms with van der Waals surface area (Å²) in [5, 5.41) is 6.81. The third-order valence-corrected chi connectivity index (χ3v) is 4.57. The van der Waals surface area contributed by atoms with Gasteiger partial charge in [-0.05, 0) is 58.5 Å². The van der Waals surface area contributed by atoms with Crippen LogP contribution in [0.25, 0.3) is 0 Å². The van der Waals surface area contributed by atoms with E-state index in [9.17, 15) is 0 Å². The summed E-state index contributed by atoms with van der Waals surface area (Å²) in [5.74, 6) is 1.02. The minimum absolute atomic E-state index is 0.745. The monoisotopic (exact) mass is 240 g/mol. The van der Waals surface area contributed by atoms with Crippen LogP contribution in [-0.2, 0) is 0 Å². The van der Waals surface area contributed by atoms with E-state index in [-0.39, 0.29) is 0 Å². The van der Waals surface area contributed by atoms with Gasteiger partial charge in [0.2, 0.25) is 0 Å². The topological polar surface area (TPSA) is 24.1 Å². The number of hydrogen-bond donors (Lipinski definition) is 2. The summed E-state index contributed by atoms with van der Waals surface area (Å²) in [6.45, 7) is 2.28. The van der Waals surface area contributed by atoms with Gasteiger partial charge in [0.05, 0.1) is 0 Å². The second-order valence-corrected chi connectivity index (χ2v) is 5.68. The molecule has 0 heterocycles. The van der Waals surface area contributed by atoms with Gasteiger partial charge in [0, 0.05) is 12.1 Å². The van der Waals surface area contributed by atoms with Crippen molar-refractivity contribution in [1.29, 1.82) is 0 Å². The molecule has 1 unspecified atom stereocenters. The average Bonchev–Trinajstić information content (AvgIpc) is 2.40. The standard InChI is InChI=1S/C15H32N2/c1-4-14(16-2)8-6-5-7-13-9-11-15(17-3)12-10-13/h13-17H,4-12H2,1-3H3. The predicted molar refractivity (Wildman–Crippen MR) is 76.4 cm³/mol. The van der Waals surface area contributed by atoms with Crippen LogP contribution in [0, 0.1) is 5.92 Å². The van der Waals surface area contributed by atoms with Crippen LogP contribution in [0.2, 0.25) is 0 Å². The van der Waals surface area contributed by atoms with Crippen LogP contribution in [-0.4, -0.2) is 26.2 Å². The second-order valence-electron chi connectivity index (χ2n) is 5.68. The van der Waals surface area contributed by atoms with Gasteiger partial charge in [-0.25, -0.2) is 0 Å². The minimum atomic E-state index is 0.745. The first-order chi connectivity index (χ1) is 8.30. The summed E-state index contributed by atoms with van der Waals surface area (Å²) < 4.78 is 0. The van der Waals surface area contributed by atoms with Crippen LogP contribution in [0.4, 0.5) is 0 Å². The van der Waals surface area contributed by atoms with Gasteiger partial charge in [-0.1, -0.05) is 26.2 Å². The zero-order chi connectivity index (χ0) is 12.5. The van der Waals surface area contributed by atoms with Gasteiger partial charge in [-0.15, -0.1) is 0 Å². The lowest BCUT2D eigenvalue weighted by molar-refractivity contribution is 0.281. The molecule has 1 rings (SSSR count). The molecule has 1 aliphatic carbocycles. The molecular formula is C15H32N2. The van der Waals surface area contributed by atoms with E-state index in [4.69, 9.17) is 0 Å².